The summed E-state index contributed by atoms with van der Waals surface area (Å²) in [7, 11) is 0. The Balaban J connectivity index is 2.67. The molecular weight excluding hydrogens is 176 g/mol. The summed E-state index contributed by atoms with van der Waals surface area (Å²) in [5.74, 6) is -0.988. The molecule has 1 rings (SSSR count). The molecule has 2 atom stereocenters. The summed E-state index contributed by atoms with van der Waals surface area (Å²) < 4.78 is 0. The van der Waals surface area contributed by atoms with Gasteiger partial charge in [-0.1, -0.05) is 0 Å². The predicted octanol–water partition coefficient (Wildman–Crippen LogP) is -2.38. The SMILES string of the molecule is CC(=O)N[C@@H]1C(=O)NC(=O)N[C@H]1N. The molecule has 0 saturated carbocycles. The number of nitrogens with two attached hydrogens (primary N) is 1. The fraction of sp³-hybridized carbons (Fsp3) is 0.500. The van der Waals surface area contributed by atoms with Crippen molar-refractivity contribution in [1.29, 1.82) is 0 Å². The maximum Gasteiger partial charge on any atom is 0.322 e. The molecule has 1 aliphatic heterocycles. The van der Waals surface area contributed by atoms with Crippen LogP contribution in [0.25, 0.3) is 0 Å². The summed E-state index contributed by atoms with van der Waals surface area (Å²) in [5.41, 5.74) is 5.40. The van der Waals surface area contributed by atoms with Crippen LogP contribution in [0, 0.1) is 0 Å². The third-order valence-electron chi connectivity index (χ3n) is 1.53. The molecule has 1 heterocycles. The predicted molar refractivity (Wildman–Crippen MR) is 42.3 cm³/mol. The van der Waals surface area contributed by atoms with E-state index in [9.17, 15) is 14.4 Å². The molecule has 7 nitrogen and oxygen atoms in total. The first-order chi connectivity index (χ1) is 6.00. The van der Waals surface area contributed by atoms with Gasteiger partial charge in [0.05, 0.1) is 0 Å². The molecule has 0 radical (unpaired) electrons. The number of amides is 4. The largest absolute Gasteiger partial charge is 0.342 e. The molecule has 0 aliphatic carbocycles. The molecule has 0 aromatic heterocycles. The van der Waals surface area contributed by atoms with E-state index in [2.05, 4.69) is 10.6 Å². The quantitative estimate of drug-likeness (QED) is 0.366. The molecule has 13 heavy (non-hydrogen) atoms. The van der Waals surface area contributed by atoms with Gasteiger partial charge in [-0.15, -0.1) is 0 Å². The average Bonchev–Trinajstić information content (AvgIpc) is 1.96. The zero-order valence-corrected chi connectivity index (χ0v) is 6.96. The minimum Gasteiger partial charge on any atom is -0.342 e. The van der Waals surface area contributed by atoms with Crippen LogP contribution < -0.4 is 21.7 Å². The fourth-order valence-corrected chi connectivity index (χ4v) is 0.998. The van der Waals surface area contributed by atoms with E-state index in [1.807, 2.05) is 5.32 Å². The highest BCUT2D eigenvalue weighted by Crippen LogP contribution is 1.94. The van der Waals surface area contributed by atoms with Crippen molar-refractivity contribution in [3.63, 3.8) is 0 Å². The first-order valence-electron chi connectivity index (χ1n) is 3.65. The van der Waals surface area contributed by atoms with E-state index in [0.29, 0.717) is 0 Å². The van der Waals surface area contributed by atoms with Crippen molar-refractivity contribution in [1.82, 2.24) is 16.0 Å². The van der Waals surface area contributed by atoms with Crippen molar-refractivity contribution in [3.05, 3.63) is 0 Å². The van der Waals surface area contributed by atoms with Gasteiger partial charge in [0.25, 0.3) is 5.91 Å². The minimum absolute atomic E-state index is 0.383. The topological polar surface area (TPSA) is 113 Å². The number of nitrogens with one attached hydrogen (secondary N) is 3. The van der Waals surface area contributed by atoms with E-state index in [0.717, 1.165) is 0 Å². The summed E-state index contributed by atoms with van der Waals surface area (Å²) >= 11 is 0. The second-order valence-corrected chi connectivity index (χ2v) is 2.67. The van der Waals surface area contributed by atoms with Gasteiger partial charge in [-0.25, -0.2) is 4.79 Å². The zero-order valence-electron chi connectivity index (χ0n) is 6.96. The Morgan fingerprint density at radius 3 is 2.62 bits per heavy atom. The van der Waals surface area contributed by atoms with Crippen LogP contribution in [-0.4, -0.2) is 30.1 Å². The van der Waals surface area contributed by atoms with Crippen LogP contribution in [0.3, 0.4) is 0 Å². The summed E-state index contributed by atoms with van der Waals surface area (Å²) in [6.45, 7) is 1.26. The number of hydrogen-bond acceptors (Lipinski definition) is 4. The third-order valence-corrected chi connectivity index (χ3v) is 1.53. The molecule has 7 heteroatoms. The van der Waals surface area contributed by atoms with Gasteiger partial charge in [0.2, 0.25) is 5.91 Å². The molecule has 1 saturated heterocycles. The lowest BCUT2D eigenvalue weighted by atomic mass is 10.2. The second kappa shape index (κ2) is 3.40. The second-order valence-electron chi connectivity index (χ2n) is 2.67. The van der Waals surface area contributed by atoms with Gasteiger partial charge in [-0.05, 0) is 0 Å². The van der Waals surface area contributed by atoms with Crippen LogP contribution >= 0.6 is 0 Å². The number of hydrogen-bond donors (Lipinski definition) is 4. The highest BCUT2D eigenvalue weighted by molar-refractivity contribution is 6.01. The van der Waals surface area contributed by atoms with Crippen LogP contribution in [0.2, 0.25) is 0 Å². The Kier molecular flexibility index (Phi) is 2.47. The molecule has 1 fully saturated rings. The number of carbonyl (C=O) groups is 3. The average molecular weight is 186 g/mol. The van der Waals surface area contributed by atoms with Crippen LogP contribution in [-0.2, 0) is 9.59 Å². The van der Waals surface area contributed by atoms with Crippen molar-refractivity contribution in [2.75, 3.05) is 0 Å². The molecule has 5 N–H and O–H groups in total. The maximum atomic E-state index is 11.1. The highest BCUT2D eigenvalue weighted by Gasteiger charge is 2.33. The summed E-state index contributed by atoms with van der Waals surface area (Å²) in [6, 6.07) is -1.56. The molecule has 0 bridgehead atoms. The smallest absolute Gasteiger partial charge is 0.322 e. The Hall–Kier alpha value is -1.63. The number of urea groups is 1. The maximum absolute atomic E-state index is 11.1. The van der Waals surface area contributed by atoms with Gasteiger partial charge in [-0.2, -0.15) is 0 Å². The molecule has 1 aliphatic rings. The van der Waals surface area contributed by atoms with Crippen LogP contribution in [0.1, 0.15) is 6.92 Å². The van der Waals surface area contributed by atoms with Gasteiger partial charge in [0, 0.05) is 6.92 Å². The Morgan fingerprint density at radius 1 is 1.54 bits per heavy atom. The van der Waals surface area contributed by atoms with Crippen LogP contribution in [0.15, 0.2) is 0 Å². The Labute approximate surface area is 74.0 Å². The van der Waals surface area contributed by atoms with E-state index < -0.39 is 24.1 Å². The van der Waals surface area contributed by atoms with E-state index in [1.165, 1.54) is 6.92 Å². The molecule has 0 spiro atoms. The Morgan fingerprint density at radius 2 is 2.15 bits per heavy atom. The van der Waals surface area contributed by atoms with Crippen molar-refractivity contribution in [2.45, 2.75) is 19.1 Å². The highest BCUT2D eigenvalue weighted by atomic mass is 16.2. The first-order valence-corrected chi connectivity index (χ1v) is 3.65. The fourth-order valence-electron chi connectivity index (χ4n) is 0.998. The van der Waals surface area contributed by atoms with Gasteiger partial charge < -0.3 is 16.4 Å². The van der Waals surface area contributed by atoms with Gasteiger partial charge >= 0.3 is 6.03 Å². The first kappa shape index (κ1) is 9.46. The minimum atomic E-state index is -0.907. The van der Waals surface area contributed by atoms with Crippen molar-refractivity contribution in [2.24, 2.45) is 5.73 Å². The van der Waals surface area contributed by atoms with Crippen LogP contribution in [0.4, 0.5) is 4.79 Å². The lowest BCUT2D eigenvalue weighted by Crippen LogP contribution is -2.69. The van der Waals surface area contributed by atoms with Crippen molar-refractivity contribution >= 4 is 17.8 Å². The number of imide groups is 1. The van der Waals surface area contributed by atoms with Gasteiger partial charge in [0.15, 0.2) is 0 Å². The number of carbonyl (C=O) groups excluding carboxylic acids is 3. The van der Waals surface area contributed by atoms with Crippen molar-refractivity contribution < 1.29 is 14.4 Å². The summed E-state index contributed by atoms with van der Waals surface area (Å²) in [6.07, 6.45) is -0.884. The van der Waals surface area contributed by atoms with Gasteiger partial charge in [-0.3, -0.25) is 14.9 Å². The zero-order chi connectivity index (χ0) is 10.0. The van der Waals surface area contributed by atoms with E-state index >= 15 is 0 Å². The summed E-state index contributed by atoms with van der Waals surface area (Å²) in [4.78, 5) is 32.4. The van der Waals surface area contributed by atoms with Crippen molar-refractivity contribution in [3.8, 4) is 0 Å². The van der Waals surface area contributed by atoms with E-state index in [1.54, 1.807) is 0 Å². The molecule has 0 unspecified atom stereocenters. The monoisotopic (exact) mass is 186 g/mol. The number of rotatable bonds is 1. The van der Waals surface area contributed by atoms with Gasteiger partial charge in [0.1, 0.15) is 12.2 Å². The lowest BCUT2D eigenvalue weighted by Gasteiger charge is -2.28. The standard InChI is InChI=1S/C6H10N4O3/c1-2(11)8-3-4(7)9-6(13)10-5(3)12/h3-4H,7H2,1H3,(H,8,11)(H2,9,10,12,13)/t3-,4+/m0/s1. The molecule has 4 amide bonds. The molecule has 0 aromatic carbocycles. The molecular formula is C6H10N4O3. The third kappa shape index (κ3) is 2.15. The van der Waals surface area contributed by atoms with E-state index in [4.69, 9.17) is 5.73 Å². The van der Waals surface area contributed by atoms with Crippen LogP contribution in [0.5, 0.6) is 0 Å². The summed E-state index contributed by atoms with van der Waals surface area (Å²) in [5, 5.41) is 6.55. The molecule has 72 valence electrons. The Bertz CT molecular complexity index is 265. The molecule has 0 aromatic rings. The lowest BCUT2D eigenvalue weighted by molar-refractivity contribution is -0.128. The van der Waals surface area contributed by atoms with E-state index in [-0.39, 0.29) is 5.91 Å². The normalized spacial score (nSPS) is 27.5.